The lowest BCUT2D eigenvalue weighted by atomic mass is 10.1. The van der Waals surface area contributed by atoms with Crippen molar-refractivity contribution in [3.05, 3.63) is 64.7 Å². The summed E-state index contributed by atoms with van der Waals surface area (Å²) in [6, 6.07) is 12.6. The molecule has 0 aromatic heterocycles. The SMILES string of the molecule is Cc1cccc(C)c1OCCNC(=O)c1ccc(C(=O)NC(C)(C)C)cc1. The predicted molar refractivity (Wildman–Crippen MR) is 107 cm³/mol. The van der Waals surface area contributed by atoms with E-state index in [1.54, 1.807) is 24.3 Å². The highest BCUT2D eigenvalue weighted by Crippen LogP contribution is 2.21. The van der Waals surface area contributed by atoms with Gasteiger partial charge in [-0.2, -0.15) is 0 Å². The molecule has 0 aliphatic rings. The average molecular weight is 368 g/mol. The normalized spacial score (nSPS) is 11.0. The molecule has 0 heterocycles. The summed E-state index contributed by atoms with van der Waals surface area (Å²) in [7, 11) is 0. The minimum absolute atomic E-state index is 0.156. The molecular weight excluding hydrogens is 340 g/mol. The van der Waals surface area contributed by atoms with Crippen molar-refractivity contribution in [2.24, 2.45) is 0 Å². The van der Waals surface area contributed by atoms with Crippen molar-refractivity contribution in [3.8, 4) is 5.75 Å². The molecule has 0 saturated carbocycles. The number of hydrogen-bond donors (Lipinski definition) is 2. The summed E-state index contributed by atoms with van der Waals surface area (Å²) in [6.07, 6.45) is 0. The highest BCUT2D eigenvalue weighted by atomic mass is 16.5. The molecule has 27 heavy (non-hydrogen) atoms. The van der Waals surface area contributed by atoms with Crippen LogP contribution in [0.5, 0.6) is 5.75 Å². The van der Waals surface area contributed by atoms with Gasteiger partial charge < -0.3 is 15.4 Å². The van der Waals surface area contributed by atoms with Crippen LogP contribution in [0.15, 0.2) is 42.5 Å². The van der Waals surface area contributed by atoms with Gasteiger partial charge in [-0.25, -0.2) is 0 Å². The lowest BCUT2D eigenvalue weighted by molar-refractivity contribution is 0.0915. The predicted octanol–water partition coefficient (Wildman–Crippen LogP) is 3.64. The zero-order valence-corrected chi connectivity index (χ0v) is 16.7. The van der Waals surface area contributed by atoms with Gasteiger partial charge in [-0.15, -0.1) is 0 Å². The van der Waals surface area contributed by atoms with E-state index in [2.05, 4.69) is 10.6 Å². The smallest absolute Gasteiger partial charge is 0.251 e. The lowest BCUT2D eigenvalue weighted by Gasteiger charge is -2.20. The monoisotopic (exact) mass is 368 g/mol. The Morgan fingerprint density at radius 2 is 1.41 bits per heavy atom. The highest BCUT2D eigenvalue weighted by molar-refractivity contribution is 5.98. The first kappa shape index (κ1) is 20.5. The van der Waals surface area contributed by atoms with Gasteiger partial charge in [0.1, 0.15) is 12.4 Å². The van der Waals surface area contributed by atoms with Gasteiger partial charge in [0.25, 0.3) is 11.8 Å². The second-order valence-corrected chi connectivity index (χ2v) is 7.61. The molecule has 144 valence electrons. The van der Waals surface area contributed by atoms with Crippen LogP contribution >= 0.6 is 0 Å². The lowest BCUT2D eigenvalue weighted by Crippen LogP contribution is -2.40. The Hall–Kier alpha value is -2.82. The van der Waals surface area contributed by atoms with E-state index in [1.165, 1.54) is 0 Å². The Morgan fingerprint density at radius 1 is 0.889 bits per heavy atom. The minimum Gasteiger partial charge on any atom is -0.491 e. The minimum atomic E-state index is -0.303. The van der Waals surface area contributed by atoms with Gasteiger partial charge in [-0.05, 0) is 70.0 Å². The van der Waals surface area contributed by atoms with Gasteiger partial charge >= 0.3 is 0 Å². The Morgan fingerprint density at radius 3 is 1.93 bits per heavy atom. The van der Waals surface area contributed by atoms with Gasteiger partial charge in [0.2, 0.25) is 0 Å². The molecule has 0 unspecified atom stereocenters. The molecule has 5 nitrogen and oxygen atoms in total. The van der Waals surface area contributed by atoms with Crippen molar-refractivity contribution in [1.29, 1.82) is 0 Å². The third-order valence-electron chi connectivity index (χ3n) is 3.94. The topological polar surface area (TPSA) is 67.4 Å². The summed E-state index contributed by atoms with van der Waals surface area (Å²) in [5.41, 5.74) is 2.88. The first-order valence-corrected chi connectivity index (χ1v) is 9.07. The molecular formula is C22H28N2O3. The van der Waals surface area contributed by atoms with Crippen LogP contribution in [0.3, 0.4) is 0 Å². The summed E-state index contributed by atoms with van der Waals surface area (Å²) < 4.78 is 5.78. The van der Waals surface area contributed by atoms with E-state index in [1.807, 2.05) is 52.8 Å². The third kappa shape index (κ3) is 6.13. The number of carbonyl (C=O) groups is 2. The number of carbonyl (C=O) groups excluding carboxylic acids is 2. The molecule has 2 rings (SSSR count). The second kappa shape index (κ2) is 8.71. The van der Waals surface area contributed by atoms with E-state index in [9.17, 15) is 9.59 Å². The Balaban J connectivity index is 1.85. The number of hydrogen-bond acceptors (Lipinski definition) is 3. The number of rotatable bonds is 6. The fraction of sp³-hybridized carbons (Fsp3) is 0.364. The Labute approximate surface area is 161 Å². The molecule has 0 atom stereocenters. The van der Waals surface area contributed by atoms with Gasteiger partial charge in [-0.1, -0.05) is 18.2 Å². The molecule has 0 spiro atoms. The van der Waals surface area contributed by atoms with Crippen molar-refractivity contribution < 1.29 is 14.3 Å². The molecule has 0 bridgehead atoms. The van der Waals surface area contributed by atoms with Gasteiger partial charge in [0, 0.05) is 16.7 Å². The number of benzene rings is 2. The van der Waals surface area contributed by atoms with Crippen LogP contribution in [-0.4, -0.2) is 30.5 Å². The summed E-state index contributed by atoms with van der Waals surface area (Å²) in [4.78, 5) is 24.3. The average Bonchev–Trinajstić information content (AvgIpc) is 2.59. The summed E-state index contributed by atoms with van der Waals surface area (Å²) >= 11 is 0. The fourth-order valence-electron chi connectivity index (χ4n) is 2.63. The van der Waals surface area contributed by atoms with Crippen molar-refractivity contribution in [2.45, 2.75) is 40.2 Å². The summed E-state index contributed by atoms with van der Waals surface area (Å²) in [6.45, 7) is 10.6. The molecule has 2 N–H and O–H groups in total. The maximum Gasteiger partial charge on any atom is 0.251 e. The van der Waals surface area contributed by atoms with Crippen molar-refractivity contribution >= 4 is 11.8 Å². The molecule has 0 radical (unpaired) electrons. The quantitative estimate of drug-likeness (QED) is 0.765. The zero-order valence-electron chi connectivity index (χ0n) is 16.7. The van der Waals surface area contributed by atoms with Crippen LogP contribution in [0.25, 0.3) is 0 Å². The van der Waals surface area contributed by atoms with Crippen LogP contribution in [0.4, 0.5) is 0 Å². The molecule has 0 aliphatic carbocycles. The number of ether oxygens (including phenoxy) is 1. The number of nitrogens with one attached hydrogen (secondary N) is 2. The highest BCUT2D eigenvalue weighted by Gasteiger charge is 2.15. The van der Waals surface area contributed by atoms with Crippen LogP contribution in [0.1, 0.15) is 52.6 Å². The maximum absolute atomic E-state index is 12.2. The van der Waals surface area contributed by atoms with Crippen LogP contribution < -0.4 is 15.4 Å². The largest absolute Gasteiger partial charge is 0.491 e. The molecule has 0 saturated heterocycles. The number of para-hydroxylation sites is 1. The molecule has 0 fully saturated rings. The number of amides is 2. The van der Waals surface area contributed by atoms with Crippen molar-refractivity contribution in [3.63, 3.8) is 0 Å². The summed E-state index contributed by atoms with van der Waals surface area (Å²) in [5.74, 6) is 0.514. The van der Waals surface area contributed by atoms with Gasteiger partial charge in [-0.3, -0.25) is 9.59 Å². The third-order valence-corrected chi connectivity index (χ3v) is 3.94. The van der Waals surface area contributed by atoms with E-state index in [-0.39, 0.29) is 17.4 Å². The van der Waals surface area contributed by atoms with Crippen molar-refractivity contribution in [1.82, 2.24) is 10.6 Å². The summed E-state index contributed by atoms with van der Waals surface area (Å²) in [5, 5.41) is 5.73. The second-order valence-electron chi connectivity index (χ2n) is 7.61. The molecule has 2 aromatic carbocycles. The van der Waals surface area contributed by atoms with Crippen LogP contribution in [0, 0.1) is 13.8 Å². The van der Waals surface area contributed by atoms with E-state index in [4.69, 9.17) is 4.74 Å². The molecule has 2 aromatic rings. The Kier molecular flexibility index (Phi) is 6.61. The number of aryl methyl sites for hydroxylation is 2. The molecule has 2 amide bonds. The van der Waals surface area contributed by atoms with E-state index in [0.717, 1.165) is 16.9 Å². The standard InChI is InChI=1S/C22H28N2O3/c1-15-7-6-8-16(2)19(15)27-14-13-23-20(25)17-9-11-18(12-10-17)21(26)24-22(3,4)5/h6-12H,13-14H2,1-5H3,(H,23,25)(H,24,26). The van der Waals surface area contributed by atoms with E-state index < -0.39 is 0 Å². The van der Waals surface area contributed by atoms with E-state index in [0.29, 0.717) is 24.3 Å². The first-order chi connectivity index (χ1) is 12.7. The zero-order chi connectivity index (χ0) is 20.0. The van der Waals surface area contributed by atoms with Gasteiger partial charge in [0.05, 0.1) is 6.54 Å². The Bertz CT molecular complexity index is 785. The van der Waals surface area contributed by atoms with Crippen LogP contribution in [0.2, 0.25) is 0 Å². The molecule has 0 aliphatic heterocycles. The van der Waals surface area contributed by atoms with Gasteiger partial charge in [0.15, 0.2) is 0 Å². The van der Waals surface area contributed by atoms with Crippen molar-refractivity contribution in [2.75, 3.05) is 13.2 Å². The molecule has 5 heteroatoms. The maximum atomic E-state index is 12.2. The van der Waals surface area contributed by atoms with E-state index >= 15 is 0 Å². The first-order valence-electron chi connectivity index (χ1n) is 9.07. The van der Waals surface area contributed by atoms with Crippen LogP contribution in [-0.2, 0) is 0 Å². The fourth-order valence-corrected chi connectivity index (χ4v) is 2.63.